The van der Waals surface area contributed by atoms with Gasteiger partial charge in [-0.3, -0.25) is 0 Å². The molecule has 0 aliphatic rings. The molecule has 1 aromatic carbocycles. The van der Waals surface area contributed by atoms with Crippen molar-refractivity contribution in [3.8, 4) is 0 Å². The third-order valence-corrected chi connectivity index (χ3v) is 3.47. The van der Waals surface area contributed by atoms with Crippen LogP contribution in [0.15, 0.2) is 47.4 Å². The van der Waals surface area contributed by atoms with Crippen molar-refractivity contribution in [1.29, 1.82) is 0 Å². The molecule has 1 atom stereocenters. The van der Waals surface area contributed by atoms with Crippen molar-refractivity contribution in [2.75, 3.05) is 11.9 Å². The van der Waals surface area contributed by atoms with Gasteiger partial charge in [0.1, 0.15) is 17.5 Å². The average molecular weight is 322 g/mol. The Morgan fingerprint density at radius 3 is 2.65 bits per heavy atom. The van der Waals surface area contributed by atoms with E-state index in [1.54, 1.807) is 30.3 Å². The highest BCUT2D eigenvalue weighted by molar-refractivity contribution is 5.84. The van der Waals surface area contributed by atoms with Crippen molar-refractivity contribution >= 4 is 16.9 Å². The number of benzene rings is 1. The Bertz CT molecular complexity index is 773. The predicted molar refractivity (Wildman–Crippen MR) is 77.8 cm³/mol. The van der Waals surface area contributed by atoms with Crippen molar-refractivity contribution < 1.29 is 17.7 Å². The summed E-state index contributed by atoms with van der Waals surface area (Å²) in [5, 5.41) is 6.75. The molecular weight excluding hydrogens is 309 g/mol. The molecule has 3 aromatic rings. The van der Waals surface area contributed by atoms with Gasteiger partial charge in [-0.05, 0) is 12.0 Å². The molecule has 120 valence electrons. The monoisotopic (exact) mass is 322 g/mol. The number of hydrogen-bond donors (Lipinski definition) is 1. The highest BCUT2D eigenvalue weighted by atomic mass is 19.4. The van der Waals surface area contributed by atoms with E-state index in [-0.39, 0.29) is 24.5 Å². The molecule has 0 aliphatic heterocycles. The Morgan fingerprint density at radius 2 is 1.91 bits per heavy atom. The van der Waals surface area contributed by atoms with Gasteiger partial charge < -0.3 is 9.84 Å². The molecule has 23 heavy (non-hydrogen) atoms. The van der Waals surface area contributed by atoms with Crippen LogP contribution in [-0.4, -0.2) is 27.8 Å². The van der Waals surface area contributed by atoms with Crippen LogP contribution in [0.5, 0.6) is 0 Å². The van der Waals surface area contributed by atoms with Gasteiger partial charge in [0.25, 0.3) is 5.71 Å². The smallest absolute Gasteiger partial charge is 0.369 e. The van der Waals surface area contributed by atoms with Gasteiger partial charge in [-0.1, -0.05) is 35.5 Å². The third kappa shape index (κ3) is 3.58. The van der Waals surface area contributed by atoms with E-state index < -0.39 is 12.1 Å². The first-order valence-electron chi connectivity index (χ1n) is 6.94. The van der Waals surface area contributed by atoms with Gasteiger partial charge in [-0.25, -0.2) is 4.98 Å². The minimum absolute atomic E-state index is 0.102. The summed E-state index contributed by atoms with van der Waals surface area (Å²) in [6.07, 6.45) is -1.83. The predicted octanol–water partition coefficient (Wildman–Crippen LogP) is 3.45. The lowest BCUT2D eigenvalue weighted by molar-refractivity contribution is -0.170. The summed E-state index contributed by atoms with van der Waals surface area (Å²) in [5.41, 5.74) is 0.864. The Morgan fingerprint density at radius 1 is 1.13 bits per heavy atom. The molecule has 0 saturated heterocycles. The second kappa shape index (κ2) is 6.23. The van der Waals surface area contributed by atoms with Gasteiger partial charge in [-0.2, -0.15) is 18.2 Å². The van der Waals surface area contributed by atoms with E-state index in [0.29, 0.717) is 10.9 Å². The zero-order valence-corrected chi connectivity index (χ0v) is 11.9. The minimum atomic E-state index is -4.32. The number of anilines is 1. The first kappa shape index (κ1) is 15.3. The number of alkyl halides is 3. The minimum Gasteiger partial charge on any atom is -0.369 e. The van der Waals surface area contributed by atoms with E-state index in [9.17, 15) is 13.2 Å². The second-order valence-electron chi connectivity index (χ2n) is 5.08. The molecular formula is C15H13F3N4O. The zero-order chi connectivity index (χ0) is 16.3. The lowest BCUT2D eigenvalue weighted by atomic mass is 9.98. The number of nitrogens with one attached hydrogen (secondary N) is 1. The molecule has 1 unspecified atom stereocenters. The number of rotatable bonds is 5. The molecule has 0 aliphatic carbocycles. The summed E-state index contributed by atoms with van der Waals surface area (Å²) in [4.78, 5) is 7.79. The van der Waals surface area contributed by atoms with Crippen molar-refractivity contribution in [2.45, 2.75) is 12.6 Å². The number of fused-ring (bicyclic) bond motifs is 1. The summed E-state index contributed by atoms with van der Waals surface area (Å²) in [5.74, 6) is -1.26. The maximum absolute atomic E-state index is 13.3. The summed E-state index contributed by atoms with van der Waals surface area (Å²) >= 11 is 0. The third-order valence-electron chi connectivity index (χ3n) is 3.47. The Balaban J connectivity index is 1.75. The molecule has 0 bridgehead atoms. The first-order chi connectivity index (χ1) is 11.0. The largest absolute Gasteiger partial charge is 0.393 e. The van der Waals surface area contributed by atoms with Crippen LogP contribution in [0.4, 0.5) is 19.0 Å². The molecule has 2 heterocycles. The Hall–Kier alpha value is -2.64. The topological polar surface area (TPSA) is 63.8 Å². The molecule has 3 rings (SSSR count). The highest BCUT2D eigenvalue weighted by Crippen LogP contribution is 2.30. The maximum Gasteiger partial charge on any atom is 0.393 e. The normalized spacial score (nSPS) is 13.2. The lowest BCUT2D eigenvalue weighted by Crippen LogP contribution is -2.31. The van der Waals surface area contributed by atoms with Crippen LogP contribution >= 0.6 is 0 Å². The van der Waals surface area contributed by atoms with Crippen LogP contribution in [-0.2, 0) is 6.42 Å². The van der Waals surface area contributed by atoms with Gasteiger partial charge in [0.2, 0.25) is 0 Å². The van der Waals surface area contributed by atoms with Gasteiger partial charge in [-0.15, -0.1) is 0 Å². The number of hydrogen-bond acceptors (Lipinski definition) is 5. The van der Waals surface area contributed by atoms with Crippen molar-refractivity contribution in [3.05, 3.63) is 48.4 Å². The van der Waals surface area contributed by atoms with Crippen LogP contribution in [0.2, 0.25) is 0 Å². The summed E-state index contributed by atoms with van der Waals surface area (Å²) in [6, 6.07) is 8.58. The molecule has 8 heteroatoms. The fraction of sp³-hybridized carbons (Fsp3) is 0.267. The van der Waals surface area contributed by atoms with E-state index in [1.807, 2.05) is 0 Å². The molecule has 0 radical (unpaired) electrons. The Labute approximate surface area is 129 Å². The quantitative estimate of drug-likeness (QED) is 0.779. The van der Waals surface area contributed by atoms with Crippen LogP contribution in [0, 0.1) is 5.92 Å². The van der Waals surface area contributed by atoms with Crippen LogP contribution in [0.1, 0.15) is 5.56 Å². The van der Waals surface area contributed by atoms with E-state index in [1.165, 1.54) is 12.5 Å². The molecule has 2 aromatic heterocycles. The van der Waals surface area contributed by atoms with Crippen LogP contribution in [0.25, 0.3) is 11.1 Å². The Kier molecular flexibility index (Phi) is 4.14. The van der Waals surface area contributed by atoms with Crippen molar-refractivity contribution in [2.24, 2.45) is 5.92 Å². The standard InChI is InChI=1S/C15H13F3N4O/c16-15(17,18)11(6-10-4-2-1-3-5-10)7-19-13-12-8-22-23-14(12)21-9-20-13/h1-5,8-9,11H,6-7H2,(H,19,20,21). The van der Waals surface area contributed by atoms with Crippen LogP contribution < -0.4 is 5.32 Å². The first-order valence-corrected chi connectivity index (χ1v) is 6.94. The molecule has 0 amide bonds. The summed E-state index contributed by atoms with van der Waals surface area (Å²) in [7, 11) is 0. The fourth-order valence-electron chi connectivity index (χ4n) is 2.26. The molecule has 0 fully saturated rings. The van der Waals surface area contributed by atoms with E-state index in [0.717, 1.165) is 0 Å². The summed E-state index contributed by atoms with van der Waals surface area (Å²) < 4.78 is 44.6. The number of nitrogens with zero attached hydrogens (tertiary/aromatic N) is 3. The van der Waals surface area contributed by atoms with Gasteiger partial charge in [0.05, 0.1) is 12.1 Å². The number of aromatic nitrogens is 3. The van der Waals surface area contributed by atoms with E-state index in [2.05, 4.69) is 20.4 Å². The highest BCUT2D eigenvalue weighted by Gasteiger charge is 2.39. The fourth-order valence-corrected chi connectivity index (χ4v) is 2.26. The summed E-state index contributed by atoms with van der Waals surface area (Å²) in [6.45, 7) is -0.296. The lowest BCUT2D eigenvalue weighted by Gasteiger charge is -2.21. The molecule has 0 saturated carbocycles. The maximum atomic E-state index is 13.3. The van der Waals surface area contributed by atoms with E-state index >= 15 is 0 Å². The number of halogens is 3. The zero-order valence-electron chi connectivity index (χ0n) is 11.9. The van der Waals surface area contributed by atoms with Crippen LogP contribution in [0.3, 0.4) is 0 Å². The molecule has 0 spiro atoms. The SMILES string of the molecule is FC(F)(F)C(CNc1ncnc2oncc12)Cc1ccccc1. The second-order valence-corrected chi connectivity index (χ2v) is 5.08. The molecule has 1 N–H and O–H groups in total. The van der Waals surface area contributed by atoms with Crippen molar-refractivity contribution in [1.82, 2.24) is 15.1 Å². The average Bonchev–Trinajstić information content (AvgIpc) is 3.00. The van der Waals surface area contributed by atoms with Gasteiger partial charge >= 0.3 is 6.18 Å². The van der Waals surface area contributed by atoms with E-state index in [4.69, 9.17) is 4.52 Å². The van der Waals surface area contributed by atoms with Gasteiger partial charge in [0, 0.05) is 6.54 Å². The molecule has 5 nitrogen and oxygen atoms in total. The van der Waals surface area contributed by atoms with Crippen molar-refractivity contribution in [3.63, 3.8) is 0 Å². The van der Waals surface area contributed by atoms with Gasteiger partial charge in [0.15, 0.2) is 0 Å².